The molecule has 3 aromatic heterocycles. The van der Waals surface area contributed by atoms with Crippen molar-refractivity contribution in [2.24, 2.45) is 0 Å². The van der Waals surface area contributed by atoms with E-state index in [4.69, 9.17) is 9.15 Å². The van der Waals surface area contributed by atoms with E-state index in [1.165, 1.54) is 11.3 Å². The molecule has 0 radical (unpaired) electrons. The Labute approximate surface area is 153 Å². The van der Waals surface area contributed by atoms with Crippen LogP contribution in [0.1, 0.15) is 26.6 Å². The summed E-state index contributed by atoms with van der Waals surface area (Å²) in [5.74, 6) is -0.692. The van der Waals surface area contributed by atoms with Gasteiger partial charge in [-0.05, 0) is 30.5 Å². The molecule has 3 rings (SSSR count). The van der Waals surface area contributed by atoms with Crippen molar-refractivity contribution in [3.63, 3.8) is 0 Å². The predicted molar refractivity (Wildman–Crippen MR) is 93.9 cm³/mol. The molecule has 0 aromatic carbocycles. The van der Waals surface area contributed by atoms with Crippen molar-refractivity contribution in [3.8, 4) is 12.0 Å². The highest BCUT2D eigenvalue weighted by atomic mass is 32.1. The topological polar surface area (TPSA) is 97.3 Å². The Bertz CT molecular complexity index is 950. The van der Waals surface area contributed by atoms with Gasteiger partial charge in [-0.25, -0.2) is 4.79 Å². The van der Waals surface area contributed by atoms with Crippen LogP contribution in [-0.4, -0.2) is 23.1 Å². The second kappa shape index (κ2) is 7.72. The summed E-state index contributed by atoms with van der Waals surface area (Å²) in [6.45, 7) is 1.51. The Morgan fingerprint density at radius 1 is 1.35 bits per heavy atom. The number of carbonyl (C=O) groups is 2. The molecule has 1 amide bonds. The van der Waals surface area contributed by atoms with Gasteiger partial charge in [0.2, 0.25) is 5.88 Å². The van der Waals surface area contributed by atoms with E-state index in [0.717, 1.165) is 4.88 Å². The van der Waals surface area contributed by atoms with Gasteiger partial charge in [-0.3, -0.25) is 9.36 Å². The molecule has 7 nitrogen and oxygen atoms in total. The quantitative estimate of drug-likeness (QED) is 0.674. The Kier molecular flexibility index (Phi) is 5.20. The van der Waals surface area contributed by atoms with Crippen LogP contribution in [0.5, 0.6) is 0 Å². The van der Waals surface area contributed by atoms with Gasteiger partial charge < -0.3 is 14.5 Å². The normalized spacial score (nSPS) is 10.3. The summed E-state index contributed by atoms with van der Waals surface area (Å²) in [5.41, 5.74) is 0.102. The first-order valence-corrected chi connectivity index (χ1v) is 8.61. The van der Waals surface area contributed by atoms with E-state index in [1.807, 2.05) is 23.6 Å². The predicted octanol–water partition coefficient (Wildman–Crippen LogP) is 2.79. The van der Waals surface area contributed by atoms with E-state index in [2.05, 4.69) is 5.32 Å². The lowest BCUT2D eigenvalue weighted by molar-refractivity contribution is -0.124. The van der Waals surface area contributed by atoms with Crippen molar-refractivity contribution in [3.05, 3.63) is 63.8 Å². The van der Waals surface area contributed by atoms with Crippen LogP contribution in [0.4, 0.5) is 0 Å². The number of rotatable bonds is 6. The molecule has 0 aliphatic carbocycles. The number of nitriles is 1. The zero-order valence-corrected chi connectivity index (χ0v) is 14.7. The van der Waals surface area contributed by atoms with Gasteiger partial charge >= 0.3 is 5.97 Å². The average Bonchev–Trinajstić information content (AvgIpc) is 3.37. The fourth-order valence-electron chi connectivity index (χ4n) is 2.38. The van der Waals surface area contributed by atoms with E-state index in [0.29, 0.717) is 6.54 Å². The number of carbonyl (C=O) groups excluding carboxylic acids is 2. The minimum Gasteiger partial charge on any atom is -0.452 e. The number of ether oxygens (including phenoxy) is 1. The number of hydrogen-bond acceptors (Lipinski definition) is 6. The number of thiophene rings is 1. The SMILES string of the molecule is Cc1oc(-n2cccc2)c(C#N)c1C(=O)OCC(=O)NCc1cccs1. The maximum absolute atomic E-state index is 12.3. The van der Waals surface area contributed by atoms with Crippen LogP contribution in [0, 0.1) is 18.3 Å². The summed E-state index contributed by atoms with van der Waals surface area (Å²) in [4.78, 5) is 25.2. The molecule has 0 saturated carbocycles. The summed E-state index contributed by atoms with van der Waals surface area (Å²) < 4.78 is 12.2. The van der Waals surface area contributed by atoms with Crippen molar-refractivity contribution < 1.29 is 18.7 Å². The first-order chi connectivity index (χ1) is 12.6. The first kappa shape index (κ1) is 17.5. The van der Waals surface area contributed by atoms with Crippen LogP contribution in [0.3, 0.4) is 0 Å². The van der Waals surface area contributed by atoms with Crippen molar-refractivity contribution >= 4 is 23.2 Å². The zero-order chi connectivity index (χ0) is 18.5. The third kappa shape index (κ3) is 3.68. The third-order valence-electron chi connectivity index (χ3n) is 3.59. The fraction of sp³-hybridized carbons (Fsp3) is 0.167. The number of aromatic nitrogens is 1. The summed E-state index contributed by atoms with van der Waals surface area (Å²) in [6, 6.07) is 9.30. The molecule has 1 N–H and O–H groups in total. The number of esters is 1. The number of nitrogens with zero attached hydrogens (tertiary/aromatic N) is 2. The highest BCUT2D eigenvalue weighted by Gasteiger charge is 2.26. The molecule has 26 heavy (non-hydrogen) atoms. The summed E-state index contributed by atoms with van der Waals surface area (Å²) >= 11 is 1.52. The third-order valence-corrected chi connectivity index (χ3v) is 4.47. The van der Waals surface area contributed by atoms with Crippen LogP contribution in [-0.2, 0) is 16.1 Å². The number of hydrogen-bond donors (Lipinski definition) is 1. The maximum atomic E-state index is 12.3. The van der Waals surface area contributed by atoms with Gasteiger partial charge in [-0.2, -0.15) is 5.26 Å². The van der Waals surface area contributed by atoms with E-state index < -0.39 is 18.5 Å². The molecule has 0 unspecified atom stereocenters. The molecule has 0 aliphatic heterocycles. The molecule has 0 bridgehead atoms. The highest BCUT2D eigenvalue weighted by Crippen LogP contribution is 2.26. The Morgan fingerprint density at radius 3 is 2.77 bits per heavy atom. The molecule has 0 saturated heterocycles. The average molecular weight is 369 g/mol. The standard InChI is InChI=1S/C18H15N3O4S/c1-12-16(14(9-19)17(25-12)21-6-2-3-7-21)18(23)24-11-15(22)20-10-13-5-4-8-26-13/h2-8H,10-11H2,1H3,(H,20,22). The van der Waals surface area contributed by atoms with Crippen molar-refractivity contribution in [2.75, 3.05) is 6.61 Å². The Hall–Kier alpha value is -3.31. The van der Waals surface area contributed by atoms with Gasteiger partial charge in [-0.15, -0.1) is 11.3 Å². The van der Waals surface area contributed by atoms with Crippen LogP contribution in [0.15, 0.2) is 46.5 Å². The van der Waals surface area contributed by atoms with E-state index in [9.17, 15) is 14.9 Å². The minimum atomic E-state index is -0.771. The van der Waals surface area contributed by atoms with Crippen molar-refractivity contribution in [2.45, 2.75) is 13.5 Å². The summed E-state index contributed by atoms with van der Waals surface area (Å²) in [7, 11) is 0. The van der Waals surface area contributed by atoms with E-state index in [-0.39, 0.29) is 22.8 Å². The van der Waals surface area contributed by atoms with Gasteiger partial charge in [0.1, 0.15) is 23.0 Å². The van der Waals surface area contributed by atoms with Crippen molar-refractivity contribution in [1.29, 1.82) is 5.26 Å². The summed E-state index contributed by atoms with van der Waals surface area (Å²) in [5, 5.41) is 14.0. The Balaban J connectivity index is 1.66. The fourth-order valence-corrected chi connectivity index (χ4v) is 3.03. The summed E-state index contributed by atoms with van der Waals surface area (Å²) in [6.07, 6.45) is 3.40. The lowest BCUT2D eigenvalue weighted by atomic mass is 10.1. The van der Waals surface area contributed by atoms with Crippen LogP contribution in [0.2, 0.25) is 0 Å². The molecule has 0 aliphatic rings. The lowest BCUT2D eigenvalue weighted by Crippen LogP contribution is -2.28. The van der Waals surface area contributed by atoms with Gasteiger partial charge in [0, 0.05) is 17.3 Å². The molecular formula is C18H15N3O4S. The van der Waals surface area contributed by atoms with Gasteiger partial charge in [0.15, 0.2) is 6.61 Å². The molecule has 3 heterocycles. The van der Waals surface area contributed by atoms with Gasteiger partial charge in [-0.1, -0.05) is 6.07 Å². The van der Waals surface area contributed by atoms with Gasteiger partial charge in [0.25, 0.3) is 5.91 Å². The molecular weight excluding hydrogens is 354 g/mol. The van der Waals surface area contributed by atoms with Crippen molar-refractivity contribution in [1.82, 2.24) is 9.88 Å². The molecule has 0 fully saturated rings. The number of amides is 1. The maximum Gasteiger partial charge on any atom is 0.343 e. The van der Waals surface area contributed by atoms with Crippen LogP contribution >= 0.6 is 11.3 Å². The monoisotopic (exact) mass is 369 g/mol. The molecule has 3 aromatic rings. The highest BCUT2D eigenvalue weighted by molar-refractivity contribution is 7.09. The lowest BCUT2D eigenvalue weighted by Gasteiger charge is -2.05. The largest absolute Gasteiger partial charge is 0.452 e. The smallest absolute Gasteiger partial charge is 0.343 e. The minimum absolute atomic E-state index is 0.0299. The van der Waals surface area contributed by atoms with Crippen LogP contribution < -0.4 is 5.32 Å². The molecule has 0 atom stereocenters. The number of nitrogens with one attached hydrogen (secondary N) is 1. The zero-order valence-electron chi connectivity index (χ0n) is 13.9. The molecule has 132 valence electrons. The molecule has 8 heteroatoms. The van der Waals surface area contributed by atoms with E-state index >= 15 is 0 Å². The molecule has 0 spiro atoms. The Morgan fingerprint density at radius 2 is 2.12 bits per heavy atom. The second-order valence-electron chi connectivity index (χ2n) is 5.35. The second-order valence-corrected chi connectivity index (χ2v) is 6.38. The van der Waals surface area contributed by atoms with Crippen LogP contribution in [0.25, 0.3) is 5.88 Å². The van der Waals surface area contributed by atoms with E-state index in [1.54, 1.807) is 36.0 Å². The van der Waals surface area contributed by atoms with Gasteiger partial charge in [0.05, 0.1) is 6.54 Å². The first-order valence-electron chi connectivity index (χ1n) is 7.73. The number of aryl methyl sites for hydroxylation is 1. The number of furan rings is 1.